The molecule has 1 aromatic carbocycles. The number of hydrogen-bond acceptors (Lipinski definition) is 2. The van der Waals surface area contributed by atoms with Crippen molar-refractivity contribution in [2.45, 2.75) is 33.3 Å². The maximum atomic E-state index is 5.60. The summed E-state index contributed by atoms with van der Waals surface area (Å²) in [6.45, 7) is 7.18. The van der Waals surface area contributed by atoms with E-state index < -0.39 is 0 Å². The molecule has 1 unspecified atom stereocenters. The molecule has 0 saturated carbocycles. The molecule has 0 amide bonds. The lowest BCUT2D eigenvalue weighted by atomic mass is 10.0. The molecule has 88 valence electrons. The lowest BCUT2D eigenvalue weighted by molar-refractivity contribution is 0.109. The summed E-state index contributed by atoms with van der Waals surface area (Å²) < 4.78 is 5.60. The van der Waals surface area contributed by atoms with Crippen LogP contribution in [0.4, 0.5) is 5.69 Å². The molecule has 0 N–H and O–H groups in total. The van der Waals surface area contributed by atoms with Gasteiger partial charge in [-0.05, 0) is 18.4 Å². The predicted octanol–water partition coefficient (Wildman–Crippen LogP) is 3.42. The summed E-state index contributed by atoms with van der Waals surface area (Å²) in [4.78, 5) is 2.35. The number of benzene rings is 1. The molecule has 0 saturated heterocycles. The summed E-state index contributed by atoms with van der Waals surface area (Å²) in [7, 11) is 0. The van der Waals surface area contributed by atoms with E-state index >= 15 is 0 Å². The van der Waals surface area contributed by atoms with Crippen molar-refractivity contribution < 1.29 is 4.74 Å². The topological polar surface area (TPSA) is 12.5 Å². The van der Waals surface area contributed by atoms with Gasteiger partial charge in [0.05, 0.1) is 6.61 Å². The number of nitrogens with zero attached hydrogens (tertiary/aromatic N) is 1. The number of anilines is 1. The summed E-state index contributed by atoms with van der Waals surface area (Å²) >= 11 is 0. The van der Waals surface area contributed by atoms with Crippen LogP contribution < -0.4 is 4.90 Å². The van der Waals surface area contributed by atoms with E-state index in [0.29, 0.717) is 0 Å². The van der Waals surface area contributed by atoms with Crippen LogP contribution in [0, 0.1) is 5.92 Å². The van der Waals surface area contributed by atoms with E-state index in [1.165, 1.54) is 24.1 Å². The second-order valence-electron chi connectivity index (χ2n) is 4.67. The summed E-state index contributed by atoms with van der Waals surface area (Å²) in [5.41, 5.74) is 2.68. The third-order valence-electron chi connectivity index (χ3n) is 3.43. The maximum absolute atomic E-state index is 5.60. The molecule has 0 aliphatic carbocycles. The molecule has 2 nitrogen and oxygen atoms in total. The van der Waals surface area contributed by atoms with Crippen molar-refractivity contribution >= 4 is 5.69 Å². The largest absolute Gasteiger partial charge is 0.356 e. The van der Waals surface area contributed by atoms with Gasteiger partial charge in [0.2, 0.25) is 0 Å². The van der Waals surface area contributed by atoms with Gasteiger partial charge in [-0.2, -0.15) is 0 Å². The molecule has 0 fully saturated rings. The minimum Gasteiger partial charge on any atom is -0.356 e. The Balaban J connectivity index is 2.01. The van der Waals surface area contributed by atoms with Crippen LogP contribution in [0.25, 0.3) is 0 Å². The first kappa shape index (κ1) is 11.5. The highest BCUT2D eigenvalue weighted by Crippen LogP contribution is 2.26. The highest BCUT2D eigenvalue weighted by atomic mass is 16.5. The van der Waals surface area contributed by atoms with E-state index in [4.69, 9.17) is 4.74 Å². The zero-order valence-corrected chi connectivity index (χ0v) is 10.3. The third kappa shape index (κ3) is 2.56. The first-order valence-corrected chi connectivity index (χ1v) is 6.22. The minimum absolute atomic E-state index is 0.743. The lowest BCUT2D eigenvalue weighted by Crippen LogP contribution is -2.32. The Morgan fingerprint density at radius 3 is 3.00 bits per heavy atom. The Morgan fingerprint density at radius 1 is 1.38 bits per heavy atom. The summed E-state index contributed by atoms with van der Waals surface area (Å²) in [6.07, 6.45) is 2.50. The minimum atomic E-state index is 0.743. The van der Waals surface area contributed by atoms with Gasteiger partial charge in [0.25, 0.3) is 0 Å². The fourth-order valence-electron chi connectivity index (χ4n) is 2.04. The van der Waals surface area contributed by atoms with E-state index in [1.807, 2.05) is 0 Å². The normalized spacial score (nSPS) is 17.0. The van der Waals surface area contributed by atoms with E-state index in [0.717, 1.165) is 25.8 Å². The lowest BCUT2D eigenvalue weighted by Gasteiger charge is -2.31. The number of hydrogen-bond donors (Lipinski definition) is 0. The van der Waals surface area contributed by atoms with Gasteiger partial charge in [0.1, 0.15) is 6.73 Å². The first-order chi connectivity index (χ1) is 7.81. The Morgan fingerprint density at radius 2 is 2.19 bits per heavy atom. The Bertz CT molecular complexity index is 337. The molecule has 0 radical (unpaired) electrons. The SMILES string of the molecule is CCC(C)CCN1COCc2ccccc21. The van der Waals surface area contributed by atoms with Crippen molar-refractivity contribution in [3.05, 3.63) is 29.8 Å². The zero-order chi connectivity index (χ0) is 11.4. The van der Waals surface area contributed by atoms with Crippen LogP contribution in [0.3, 0.4) is 0 Å². The molecule has 1 aliphatic rings. The Kier molecular flexibility index (Phi) is 3.83. The van der Waals surface area contributed by atoms with Gasteiger partial charge in [-0.3, -0.25) is 0 Å². The van der Waals surface area contributed by atoms with Crippen molar-refractivity contribution in [1.82, 2.24) is 0 Å². The molecule has 1 atom stereocenters. The van der Waals surface area contributed by atoms with Crippen LogP contribution in [-0.2, 0) is 11.3 Å². The number of rotatable bonds is 4. The van der Waals surface area contributed by atoms with Crippen molar-refractivity contribution in [3.63, 3.8) is 0 Å². The van der Waals surface area contributed by atoms with Gasteiger partial charge in [-0.15, -0.1) is 0 Å². The maximum Gasteiger partial charge on any atom is 0.119 e. The van der Waals surface area contributed by atoms with Crippen LogP contribution in [0.2, 0.25) is 0 Å². The van der Waals surface area contributed by atoms with Crippen molar-refractivity contribution in [2.75, 3.05) is 18.2 Å². The van der Waals surface area contributed by atoms with Gasteiger partial charge in [0, 0.05) is 17.8 Å². The van der Waals surface area contributed by atoms with Crippen molar-refractivity contribution in [1.29, 1.82) is 0 Å². The van der Waals surface area contributed by atoms with Crippen LogP contribution in [0.1, 0.15) is 32.3 Å². The number of para-hydroxylation sites is 1. The third-order valence-corrected chi connectivity index (χ3v) is 3.43. The van der Waals surface area contributed by atoms with Crippen molar-refractivity contribution in [3.8, 4) is 0 Å². The van der Waals surface area contributed by atoms with Gasteiger partial charge in [0.15, 0.2) is 0 Å². The fourth-order valence-corrected chi connectivity index (χ4v) is 2.04. The summed E-state index contributed by atoms with van der Waals surface area (Å²) in [6, 6.07) is 8.56. The highest BCUT2D eigenvalue weighted by molar-refractivity contribution is 5.54. The standard InChI is InChI=1S/C14H21NO/c1-3-12(2)8-9-15-11-16-10-13-6-4-5-7-14(13)15/h4-7,12H,3,8-11H2,1-2H3. The Labute approximate surface area is 98.2 Å². The summed E-state index contributed by atoms with van der Waals surface area (Å²) in [5, 5.41) is 0. The first-order valence-electron chi connectivity index (χ1n) is 6.22. The quantitative estimate of drug-likeness (QED) is 0.769. The highest BCUT2D eigenvalue weighted by Gasteiger charge is 2.16. The molecule has 0 spiro atoms. The number of fused-ring (bicyclic) bond motifs is 1. The molecular weight excluding hydrogens is 198 g/mol. The van der Waals surface area contributed by atoms with Gasteiger partial charge < -0.3 is 9.64 Å². The average Bonchev–Trinajstić information content (AvgIpc) is 2.35. The zero-order valence-electron chi connectivity index (χ0n) is 10.3. The van der Waals surface area contributed by atoms with Crippen LogP contribution in [0.5, 0.6) is 0 Å². The molecule has 1 heterocycles. The second-order valence-corrected chi connectivity index (χ2v) is 4.67. The van der Waals surface area contributed by atoms with Gasteiger partial charge >= 0.3 is 0 Å². The molecule has 0 aromatic heterocycles. The van der Waals surface area contributed by atoms with Gasteiger partial charge in [-0.25, -0.2) is 0 Å². The molecular formula is C14H21NO. The fraction of sp³-hybridized carbons (Fsp3) is 0.571. The second kappa shape index (κ2) is 5.35. The van der Waals surface area contributed by atoms with Crippen LogP contribution >= 0.6 is 0 Å². The molecule has 2 heteroatoms. The number of ether oxygens (including phenoxy) is 1. The Hall–Kier alpha value is -1.02. The molecule has 2 rings (SSSR count). The smallest absolute Gasteiger partial charge is 0.119 e. The van der Waals surface area contributed by atoms with E-state index in [1.54, 1.807) is 0 Å². The monoisotopic (exact) mass is 219 g/mol. The van der Waals surface area contributed by atoms with Crippen LogP contribution in [0.15, 0.2) is 24.3 Å². The molecule has 1 aliphatic heterocycles. The average molecular weight is 219 g/mol. The molecule has 16 heavy (non-hydrogen) atoms. The van der Waals surface area contributed by atoms with E-state index in [-0.39, 0.29) is 0 Å². The van der Waals surface area contributed by atoms with Gasteiger partial charge in [-0.1, -0.05) is 38.5 Å². The molecule has 1 aromatic rings. The molecule has 0 bridgehead atoms. The van der Waals surface area contributed by atoms with Crippen molar-refractivity contribution in [2.24, 2.45) is 5.92 Å². The van der Waals surface area contributed by atoms with E-state index in [9.17, 15) is 0 Å². The predicted molar refractivity (Wildman–Crippen MR) is 67.5 cm³/mol. The van der Waals surface area contributed by atoms with E-state index in [2.05, 4.69) is 43.0 Å². The van der Waals surface area contributed by atoms with Crippen LogP contribution in [-0.4, -0.2) is 13.3 Å². The summed E-state index contributed by atoms with van der Waals surface area (Å²) in [5.74, 6) is 0.800.